The second-order valence-corrected chi connectivity index (χ2v) is 6.65. The summed E-state index contributed by atoms with van der Waals surface area (Å²) < 4.78 is 15.2. The maximum absolute atomic E-state index is 13.8. The molecule has 0 bridgehead atoms. The van der Waals surface area contributed by atoms with Crippen LogP contribution in [0, 0.1) is 12.7 Å². The quantitative estimate of drug-likeness (QED) is 0.733. The Morgan fingerprint density at radius 1 is 1.38 bits per heavy atom. The van der Waals surface area contributed by atoms with E-state index in [2.05, 4.69) is 4.98 Å². The van der Waals surface area contributed by atoms with E-state index in [1.807, 2.05) is 0 Å². The van der Waals surface area contributed by atoms with Gasteiger partial charge in [0.2, 0.25) is 0 Å². The Morgan fingerprint density at radius 3 is 2.79 bits per heavy atom. The molecule has 124 valence electrons. The van der Waals surface area contributed by atoms with Gasteiger partial charge >= 0.3 is 0 Å². The van der Waals surface area contributed by atoms with Crippen LogP contribution in [0.25, 0.3) is 10.2 Å². The summed E-state index contributed by atoms with van der Waals surface area (Å²) in [6.07, 6.45) is 1.44. The molecule has 0 aliphatic carbocycles. The monoisotopic (exact) mass is 345 g/mol. The van der Waals surface area contributed by atoms with Gasteiger partial charge in [-0.15, -0.1) is 11.3 Å². The molecule has 2 aromatic heterocycles. The average molecular weight is 345 g/mol. The van der Waals surface area contributed by atoms with E-state index in [9.17, 15) is 14.0 Å². The van der Waals surface area contributed by atoms with Gasteiger partial charge in [0, 0.05) is 26.2 Å². The Labute approximate surface area is 142 Å². The summed E-state index contributed by atoms with van der Waals surface area (Å²) in [7, 11) is 3.24. The van der Waals surface area contributed by atoms with Crippen molar-refractivity contribution in [1.29, 1.82) is 0 Å². The molecule has 24 heavy (non-hydrogen) atoms. The SMILES string of the molecule is Cc1c(C(=O)N(C)Cc2ccccc2F)sc2ncn(C)c(=O)c12. The molecule has 0 N–H and O–H groups in total. The van der Waals surface area contributed by atoms with Crippen molar-refractivity contribution in [3.8, 4) is 0 Å². The Kier molecular flexibility index (Phi) is 4.19. The van der Waals surface area contributed by atoms with E-state index < -0.39 is 0 Å². The molecular weight excluding hydrogens is 329 g/mol. The number of rotatable bonds is 3. The van der Waals surface area contributed by atoms with Crippen LogP contribution < -0.4 is 5.56 Å². The highest BCUT2D eigenvalue weighted by molar-refractivity contribution is 7.20. The van der Waals surface area contributed by atoms with Gasteiger partial charge < -0.3 is 9.47 Å². The predicted molar refractivity (Wildman–Crippen MR) is 91.8 cm³/mol. The van der Waals surface area contributed by atoms with Crippen molar-refractivity contribution in [2.24, 2.45) is 7.05 Å². The van der Waals surface area contributed by atoms with Gasteiger partial charge in [0.15, 0.2) is 0 Å². The molecule has 0 fully saturated rings. The van der Waals surface area contributed by atoms with Crippen molar-refractivity contribution in [1.82, 2.24) is 14.5 Å². The molecule has 0 atom stereocenters. The Balaban J connectivity index is 1.97. The van der Waals surface area contributed by atoms with Crippen molar-refractivity contribution in [2.45, 2.75) is 13.5 Å². The first-order valence-corrected chi connectivity index (χ1v) is 8.15. The minimum absolute atomic E-state index is 0.157. The van der Waals surface area contributed by atoms with E-state index in [1.54, 1.807) is 39.2 Å². The zero-order valence-electron chi connectivity index (χ0n) is 13.5. The molecule has 0 unspecified atom stereocenters. The molecule has 3 rings (SSSR count). The fraction of sp³-hybridized carbons (Fsp3) is 0.235. The van der Waals surface area contributed by atoms with Gasteiger partial charge in [-0.25, -0.2) is 9.37 Å². The van der Waals surface area contributed by atoms with Gasteiger partial charge in [0.25, 0.3) is 11.5 Å². The molecule has 0 spiro atoms. The summed E-state index contributed by atoms with van der Waals surface area (Å²) >= 11 is 1.19. The minimum Gasteiger partial charge on any atom is -0.337 e. The van der Waals surface area contributed by atoms with Crippen LogP contribution in [0.5, 0.6) is 0 Å². The maximum atomic E-state index is 13.8. The van der Waals surface area contributed by atoms with E-state index >= 15 is 0 Å². The maximum Gasteiger partial charge on any atom is 0.264 e. The van der Waals surface area contributed by atoms with E-state index in [0.717, 1.165) is 0 Å². The Bertz CT molecular complexity index is 993. The molecule has 2 heterocycles. The summed E-state index contributed by atoms with van der Waals surface area (Å²) in [5.74, 6) is -0.596. The highest BCUT2D eigenvalue weighted by Gasteiger charge is 2.22. The topological polar surface area (TPSA) is 55.2 Å². The number of nitrogens with zero attached hydrogens (tertiary/aromatic N) is 3. The molecule has 0 saturated carbocycles. The first-order valence-electron chi connectivity index (χ1n) is 7.33. The van der Waals surface area contributed by atoms with E-state index in [-0.39, 0.29) is 23.8 Å². The minimum atomic E-state index is -0.347. The number of aromatic nitrogens is 2. The van der Waals surface area contributed by atoms with E-state index in [0.29, 0.717) is 26.2 Å². The van der Waals surface area contributed by atoms with Gasteiger partial charge in [-0.1, -0.05) is 18.2 Å². The lowest BCUT2D eigenvalue weighted by Crippen LogP contribution is -2.26. The first-order chi connectivity index (χ1) is 11.4. The number of hydrogen-bond acceptors (Lipinski definition) is 4. The lowest BCUT2D eigenvalue weighted by atomic mass is 10.1. The molecule has 1 amide bonds. The van der Waals surface area contributed by atoms with Crippen LogP contribution in [0.3, 0.4) is 0 Å². The van der Waals surface area contributed by atoms with Crippen molar-refractivity contribution < 1.29 is 9.18 Å². The zero-order valence-corrected chi connectivity index (χ0v) is 14.4. The number of benzene rings is 1. The molecular formula is C17H16FN3O2S. The van der Waals surface area contributed by atoms with Gasteiger partial charge in [0.1, 0.15) is 10.6 Å². The molecule has 0 saturated heterocycles. The first kappa shape index (κ1) is 16.3. The number of fused-ring (bicyclic) bond motifs is 1. The fourth-order valence-corrected chi connectivity index (χ4v) is 3.67. The third-order valence-electron chi connectivity index (χ3n) is 3.92. The van der Waals surface area contributed by atoms with Crippen LogP contribution >= 0.6 is 11.3 Å². The summed E-state index contributed by atoms with van der Waals surface area (Å²) in [5, 5.41) is 0.465. The zero-order chi connectivity index (χ0) is 17.4. The third-order valence-corrected chi connectivity index (χ3v) is 5.10. The normalized spacial score (nSPS) is 11.0. The van der Waals surface area contributed by atoms with Crippen LogP contribution in [0.15, 0.2) is 35.4 Å². The van der Waals surface area contributed by atoms with Gasteiger partial charge in [-0.05, 0) is 18.6 Å². The molecule has 0 radical (unpaired) electrons. The summed E-state index contributed by atoms with van der Waals surface area (Å²) in [6, 6.07) is 6.35. The number of thiophene rings is 1. The molecule has 0 aliphatic heterocycles. The highest BCUT2D eigenvalue weighted by Crippen LogP contribution is 2.28. The van der Waals surface area contributed by atoms with Crippen LogP contribution in [-0.2, 0) is 13.6 Å². The van der Waals surface area contributed by atoms with Crippen LogP contribution in [-0.4, -0.2) is 27.4 Å². The molecule has 5 nitrogen and oxygen atoms in total. The van der Waals surface area contributed by atoms with Gasteiger partial charge in [-0.2, -0.15) is 0 Å². The molecule has 0 aliphatic rings. The second kappa shape index (κ2) is 6.16. The van der Waals surface area contributed by atoms with Crippen LogP contribution in [0.1, 0.15) is 20.8 Å². The van der Waals surface area contributed by atoms with Crippen molar-refractivity contribution >= 4 is 27.5 Å². The smallest absolute Gasteiger partial charge is 0.264 e. The number of aryl methyl sites for hydroxylation is 2. The van der Waals surface area contributed by atoms with E-state index in [4.69, 9.17) is 0 Å². The fourth-order valence-electron chi connectivity index (χ4n) is 2.54. The number of hydrogen-bond donors (Lipinski definition) is 0. The predicted octanol–water partition coefficient (Wildman–Crippen LogP) is 2.71. The molecule has 1 aromatic carbocycles. The Hall–Kier alpha value is -2.54. The number of halogens is 1. The molecule has 3 aromatic rings. The Morgan fingerprint density at radius 2 is 2.08 bits per heavy atom. The van der Waals surface area contributed by atoms with E-state index in [1.165, 1.54) is 33.2 Å². The van der Waals surface area contributed by atoms with Crippen LogP contribution in [0.4, 0.5) is 4.39 Å². The van der Waals surface area contributed by atoms with Crippen molar-refractivity contribution in [3.63, 3.8) is 0 Å². The summed E-state index contributed by atoms with van der Waals surface area (Å²) in [4.78, 5) is 31.6. The third kappa shape index (κ3) is 2.71. The van der Waals surface area contributed by atoms with Crippen molar-refractivity contribution in [2.75, 3.05) is 7.05 Å². The van der Waals surface area contributed by atoms with Crippen molar-refractivity contribution in [3.05, 3.63) is 62.8 Å². The van der Waals surface area contributed by atoms with Gasteiger partial charge in [0.05, 0.1) is 16.6 Å². The van der Waals surface area contributed by atoms with Crippen LogP contribution in [0.2, 0.25) is 0 Å². The lowest BCUT2D eigenvalue weighted by Gasteiger charge is -2.17. The number of amides is 1. The largest absolute Gasteiger partial charge is 0.337 e. The number of carbonyl (C=O) groups is 1. The lowest BCUT2D eigenvalue weighted by molar-refractivity contribution is 0.0788. The summed E-state index contributed by atoms with van der Waals surface area (Å²) in [6.45, 7) is 1.90. The average Bonchev–Trinajstić information content (AvgIpc) is 2.90. The standard InChI is InChI=1S/C17H16FN3O2S/c1-10-13-15(19-9-21(3)16(13)22)24-14(10)17(23)20(2)8-11-6-4-5-7-12(11)18/h4-7,9H,8H2,1-3H3. The second-order valence-electron chi connectivity index (χ2n) is 5.65. The summed E-state index contributed by atoms with van der Waals surface area (Å²) in [5.41, 5.74) is 0.889. The number of carbonyl (C=O) groups excluding carboxylic acids is 1. The van der Waals surface area contributed by atoms with Gasteiger partial charge in [-0.3, -0.25) is 9.59 Å². The highest BCUT2D eigenvalue weighted by atomic mass is 32.1. The molecule has 7 heteroatoms.